The Balaban J connectivity index is 2.09. The number of methoxy groups -OCH3 is 1. The average molecular weight is 348 g/mol. The average Bonchev–Trinajstić information content (AvgIpc) is 2.65. The Labute approximate surface area is 152 Å². The summed E-state index contributed by atoms with van der Waals surface area (Å²) in [6, 6.07) is 8.46. The molecule has 1 aliphatic rings. The van der Waals surface area contributed by atoms with Crippen molar-refractivity contribution in [2.24, 2.45) is 5.92 Å². The van der Waals surface area contributed by atoms with Crippen LogP contribution in [0.5, 0.6) is 5.75 Å². The van der Waals surface area contributed by atoms with Gasteiger partial charge in [-0.25, -0.2) is 4.79 Å². The van der Waals surface area contributed by atoms with Crippen molar-refractivity contribution in [1.82, 2.24) is 15.1 Å². The lowest BCUT2D eigenvalue weighted by Crippen LogP contribution is -2.45. The lowest BCUT2D eigenvalue weighted by Gasteiger charge is -2.37. The van der Waals surface area contributed by atoms with E-state index in [2.05, 4.69) is 29.3 Å². The number of urea groups is 1. The number of piperidine rings is 1. The van der Waals surface area contributed by atoms with Crippen molar-refractivity contribution in [3.05, 3.63) is 29.8 Å². The number of nitrogens with one attached hydrogen (secondary N) is 1. The highest BCUT2D eigenvalue weighted by molar-refractivity contribution is 5.74. The monoisotopic (exact) mass is 347 g/mol. The number of amides is 2. The number of carbonyl (C=O) groups is 1. The summed E-state index contributed by atoms with van der Waals surface area (Å²) in [6.45, 7) is 10.6. The van der Waals surface area contributed by atoms with Gasteiger partial charge in [-0.1, -0.05) is 19.1 Å². The smallest absolute Gasteiger partial charge is 0.317 e. The molecule has 0 saturated carbocycles. The predicted octanol–water partition coefficient (Wildman–Crippen LogP) is 3.52. The van der Waals surface area contributed by atoms with Gasteiger partial charge in [-0.2, -0.15) is 0 Å². The van der Waals surface area contributed by atoms with Crippen molar-refractivity contribution in [3.8, 4) is 5.75 Å². The van der Waals surface area contributed by atoms with Gasteiger partial charge in [0.2, 0.25) is 0 Å². The third-order valence-electron chi connectivity index (χ3n) is 5.26. The Morgan fingerprint density at radius 3 is 2.36 bits per heavy atom. The number of nitrogens with zero attached hydrogens (tertiary/aromatic N) is 2. The highest BCUT2D eigenvalue weighted by atomic mass is 16.5. The number of rotatable bonds is 7. The summed E-state index contributed by atoms with van der Waals surface area (Å²) in [5.41, 5.74) is 1.23. The lowest BCUT2D eigenvalue weighted by atomic mass is 9.95. The van der Waals surface area contributed by atoms with Gasteiger partial charge in [0.1, 0.15) is 5.75 Å². The first-order valence-corrected chi connectivity index (χ1v) is 9.49. The fraction of sp³-hybridized carbons (Fsp3) is 0.650. The van der Waals surface area contributed by atoms with E-state index in [9.17, 15) is 4.79 Å². The van der Waals surface area contributed by atoms with E-state index in [4.69, 9.17) is 4.74 Å². The molecule has 0 radical (unpaired) electrons. The zero-order valence-electron chi connectivity index (χ0n) is 16.1. The molecule has 2 amide bonds. The minimum Gasteiger partial charge on any atom is -0.497 e. The summed E-state index contributed by atoms with van der Waals surface area (Å²) in [5, 5.41) is 3.13. The molecule has 1 saturated heterocycles. The molecule has 1 unspecified atom stereocenters. The van der Waals surface area contributed by atoms with E-state index in [1.54, 1.807) is 7.11 Å². The van der Waals surface area contributed by atoms with Gasteiger partial charge in [-0.15, -0.1) is 0 Å². The van der Waals surface area contributed by atoms with Crippen LogP contribution in [-0.4, -0.2) is 55.7 Å². The maximum Gasteiger partial charge on any atom is 0.317 e. The first-order valence-electron chi connectivity index (χ1n) is 9.49. The van der Waals surface area contributed by atoms with E-state index in [0.29, 0.717) is 6.54 Å². The predicted molar refractivity (Wildman–Crippen MR) is 102 cm³/mol. The molecule has 5 heteroatoms. The quantitative estimate of drug-likeness (QED) is 0.821. The van der Waals surface area contributed by atoms with E-state index in [0.717, 1.165) is 37.8 Å². The third-order valence-corrected chi connectivity index (χ3v) is 5.26. The summed E-state index contributed by atoms with van der Waals surface area (Å²) in [7, 11) is 1.68. The second kappa shape index (κ2) is 9.66. The first kappa shape index (κ1) is 19.6. The largest absolute Gasteiger partial charge is 0.497 e. The zero-order valence-corrected chi connectivity index (χ0v) is 16.1. The molecular weight excluding hydrogens is 314 g/mol. The fourth-order valence-corrected chi connectivity index (χ4v) is 3.43. The Bertz CT molecular complexity index is 520. The summed E-state index contributed by atoms with van der Waals surface area (Å²) < 4.78 is 5.28. The molecule has 0 bridgehead atoms. The van der Waals surface area contributed by atoms with Crippen LogP contribution in [0, 0.1) is 5.92 Å². The van der Waals surface area contributed by atoms with Gasteiger partial charge < -0.3 is 15.0 Å². The van der Waals surface area contributed by atoms with Crippen LogP contribution in [0.15, 0.2) is 24.3 Å². The Hall–Kier alpha value is -1.75. The van der Waals surface area contributed by atoms with Crippen LogP contribution < -0.4 is 10.1 Å². The molecule has 1 heterocycles. The van der Waals surface area contributed by atoms with Crippen LogP contribution in [0.25, 0.3) is 0 Å². The van der Waals surface area contributed by atoms with Crippen molar-refractivity contribution >= 4 is 6.03 Å². The molecule has 1 fully saturated rings. The molecule has 0 aliphatic carbocycles. The van der Waals surface area contributed by atoms with Gasteiger partial charge in [-0.05, 0) is 63.4 Å². The summed E-state index contributed by atoms with van der Waals surface area (Å²) in [5.74, 6) is 1.65. The molecule has 25 heavy (non-hydrogen) atoms. The Kier molecular flexibility index (Phi) is 7.56. The second-order valence-corrected chi connectivity index (χ2v) is 6.87. The van der Waals surface area contributed by atoms with Crippen LogP contribution in [0.2, 0.25) is 0 Å². The molecule has 1 aromatic rings. The number of hydrogen-bond acceptors (Lipinski definition) is 3. The normalized spacial score (nSPS) is 17.1. The second-order valence-electron chi connectivity index (χ2n) is 6.87. The molecule has 1 aliphatic heterocycles. The molecule has 2 rings (SSSR count). The van der Waals surface area contributed by atoms with Crippen molar-refractivity contribution in [3.63, 3.8) is 0 Å². The summed E-state index contributed by atoms with van der Waals surface area (Å²) >= 11 is 0. The van der Waals surface area contributed by atoms with Crippen molar-refractivity contribution < 1.29 is 9.53 Å². The molecule has 140 valence electrons. The van der Waals surface area contributed by atoms with Crippen LogP contribution in [0.1, 0.15) is 45.2 Å². The lowest BCUT2D eigenvalue weighted by molar-refractivity contribution is 0.133. The maximum atomic E-state index is 12.4. The molecule has 1 N–H and O–H groups in total. The Morgan fingerprint density at radius 2 is 1.84 bits per heavy atom. The van der Waals surface area contributed by atoms with Crippen LogP contribution in [-0.2, 0) is 0 Å². The van der Waals surface area contributed by atoms with Gasteiger partial charge in [0, 0.05) is 19.6 Å². The standard InChI is InChI=1S/C20H33N3O2/c1-5-22(6-2)20(24)21-15-19(23-13-11-16(3)12-14-23)17-7-9-18(25-4)10-8-17/h7-10,16,19H,5-6,11-15H2,1-4H3,(H,21,24). The Morgan fingerprint density at radius 1 is 1.24 bits per heavy atom. The van der Waals surface area contributed by atoms with Gasteiger partial charge >= 0.3 is 6.03 Å². The molecule has 5 nitrogen and oxygen atoms in total. The SMILES string of the molecule is CCN(CC)C(=O)NCC(c1ccc(OC)cc1)N1CCC(C)CC1. The van der Waals surface area contributed by atoms with Crippen LogP contribution >= 0.6 is 0 Å². The summed E-state index contributed by atoms with van der Waals surface area (Å²) in [4.78, 5) is 16.7. The van der Waals surface area contributed by atoms with Gasteiger partial charge in [-0.3, -0.25) is 4.90 Å². The molecule has 1 aromatic carbocycles. The van der Waals surface area contributed by atoms with Crippen LogP contribution in [0.3, 0.4) is 0 Å². The highest BCUT2D eigenvalue weighted by Crippen LogP contribution is 2.27. The number of hydrogen-bond donors (Lipinski definition) is 1. The molecular formula is C20H33N3O2. The highest BCUT2D eigenvalue weighted by Gasteiger charge is 2.25. The van der Waals surface area contributed by atoms with Crippen molar-refractivity contribution in [1.29, 1.82) is 0 Å². The number of benzene rings is 1. The topological polar surface area (TPSA) is 44.8 Å². The summed E-state index contributed by atoms with van der Waals surface area (Å²) in [6.07, 6.45) is 2.44. The number of ether oxygens (including phenoxy) is 1. The van der Waals surface area contributed by atoms with E-state index in [-0.39, 0.29) is 12.1 Å². The van der Waals surface area contributed by atoms with Crippen molar-refractivity contribution in [2.45, 2.75) is 39.7 Å². The van der Waals surface area contributed by atoms with E-state index in [1.165, 1.54) is 18.4 Å². The first-order chi connectivity index (χ1) is 12.1. The molecule has 1 atom stereocenters. The van der Waals surface area contributed by atoms with E-state index in [1.807, 2.05) is 30.9 Å². The van der Waals surface area contributed by atoms with E-state index < -0.39 is 0 Å². The van der Waals surface area contributed by atoms with Crippen molar-refractivity contribution in [2.75, 3.05) is 39.8 Å². The minimum atomic E-state index is 0.0221. The molecule has 0 spiro atoms. The third kappa shape index (κ3) is 5.36. The van der Waals surface area contributed by atoms with Gasteiger partial charge in [0.05, 0.1) is 13.2 Å². The maximum absolute atomic E-state index is 12.4. The minimum absolute atomic E-state index is 0.0221. The number of carbonyl (C=O) groups excluding carboxylic acids is 1. The van der Waals surface area contributed by atoms with Gasteiger partial charge in [0.15, 0.2) is 0 Å². The van der Waals surface area contributed by atoms with E-state index >= 15 is 0 Å². The number of likely N-dealkylation sites (tertiary alicyclic amines) is 1. The fourth-order valence-electron chi connectivity index (χ4n) is 3.43. The van der Waals surface area contributed by atoms with Gasteiger partial charge in [0.25, 0.3) is 0 Å². The zero-order chi connectivity index (χ0) is 18.2. The molecule has 0 aromatic heterocycles. The van der Waals surface area contributed by atoms with Crippen LogP contribution in [0.4, 0.5) is 4.79 Å².